The minimum absolute atomic E-state index is 0.393. The molecular formula is C14H19F3N2. The molecule has 19 heavy (non-hydrogen) atoms. The van der Waals surface area contributed by atoms with Gasteiger partial charge in [0.1, 0.15) is 0 Å². The molecule has 0 saturated carbocycles. The molecule has 1 unspecified atom stereocenters. The van der Waals surface area contributed by atoms with Gasteiger partial charge in [0.25, 0.3) is 0 Å². The zero-order valence-corrected chi connectivity index (χ0v) is 11.0. The molecule has 1 aromatic carbocycles. The van der Waals surface area contributed by atoms with Crippen LogP contribution >= 0.6 is 0 Å². The Hall–Kier alpha value is -1.07. The second kappa shape index (κ2) is 5.92. The molecule has 1 aromatic rings. The summed E-state index contributed by atoms with van der Waals surface area (Å²) in [7, 11) is 0. The maximum absolute atomic E-state index is 12.7. The third-order valence-electron chi connectivity index (χ3n) is 3.58. The summed E-state index contributed by atoms with van der Waals surface area (Å²) in [4.78, 5) is 2.23. The van der Waals surface area contributed by atoms with Crippen molar-refractivity contribution in [3.05, 3.63) is 35.4 Å². The minimum atomic E-state index is -4.26. The molecule has 2 rings (SSSR count). The molecule has 0 radical (unpaired) electrons. The third kappa shape index (κ3) is 3.94. The lowest BCUT2D eigenvalue weighted by Gasteiger charge is -2.26. The molecule has 0 aliphatic carbocycles. The molecule has 0 spiro atoms. The predicted octanol–water partition coefficient (Wildman–Crippen LogP) is 2.89. The molecule has 0 aromatic heterocycles. The number of benzene rings is 1. The summed E-state index contributed by atoms with van der Waals surface area (Å²) >= 11 is 0. The number of hydrogen-bond donors (Lipinski definition) is 1. The molecule has 1 fully saturated rings. The van der Waals surface area contributed by atoms with E-state index in [-0.39, 0.29) is 0 Å². The van der Waals surface area contributed by atoms with E-state index in [1.54, 1.807) is 6.07 Å². The SMILES string of the molecule is CC1CCNCCN1Cc1cccc(C(F)(F)F)c1. The van der Waals surface area contributed by atoms with E-state index in [4.69, 9.17) is 0 Å². The summed E-state index contributed by atoms with van der Waals surface area (Å²) in [5.41, 5.74) is 0.161. The zero-order valence-electron chi connectivity index (χ0n) is 11.0. The number of alkyl halides is 3. The van der Waals surface area contributed by atoms with E-state index < -0.39 is 11.7 Å². The number of nitrogens with zero attached hydrogens (tertiary/aromatic N) is 1. The van der Waals surface area contributed by atoms with Gasteiger partial charge in [-0.1, -0.05) is 18.2 Å². The van der Waals surface area contributed by atoms with Crippen molar-refractivity contribution in [2.24, 2.45) is 0 Å². The van der Waals surface area contributed by atoms with Crippen LogP contribution in [0.2, 0.25) is 0 Å². The van der Waals surface area contributed by atoms with Crippen LogP contribution in [-0.4, -0.2) is 30.6 Å². The molecular weight excluding hydrogens is 253 g/mol. The summed E-state index contributed by atoms with van der Waals surface area (Å²) in [6.45, 7) is 5.44. The van der Waals surface area contributed by atoms with Crippen molar-refractivity contribution in [1.82, 2.24) is 10.2 Å². The van der Waals surface area contributed by atoms with Crippen molar-refractivity contribution >= 4 is 0 Å². The number of halogens is 3. The van der Waals surface area contributed by atoms with E-state index in [0.717, 1.165) is 37.7 Å². The molecule has 106 valence electrons. The molecule has 5 heteroatoms. The molecule has 0 amide bonds. The normalized spacial score (nSPS) is 22.2. The molecule has 0 bridgehead atoms. The Morgan fingerprint density at radius 1 is 1.32 bits per heavy atom. The molecule has 1 saturated heterocycles. The molecule has 1 aliphatic heterocycles. The van der Waals surface area contributed by atoms with Crippen LogP contribution in [0.15, 0.2) is 24.3 Å². The van der Waals surface area contributed by atoms with Crippen molar-refractivity contribution < 1.29 is 13.2 Å². The van der Waals surface area contributed by atoms with Crippen LogP contribution in [0.25, 0.3) is 0 Å². The molecule has 1 heterocycles. The van der Waals surface area contributed by atoms with Crippen molar-refractivity contribution in [3.63, 3.8) is 0 Å². The highest BCUT2D eigenvalue weighted by molar-refractivity contribution is 5.25. The first-order valence-electron chi connectivity index (χ1n) is 6.58. The fourth-order valence-corrected chi connectivity index (χ4v) is 2.38. The van der Waals surface area contributed by atoms with Gasteiger partial charge in [-0.15, -0.1) is 0 Å². The monoisotopic (exact) mass is 272 g/mol. The average molecular weight is 272 g/mol. The van der Waals surface area contributed by atoms with Crippen molar-refractivity contribution in [3.8, 4) is 0 Å². The third-order valence-corrected chi connectivity index (χ3v) is 3.58. The van der Waals surface area contributed by atoms with E-state index in [1.807, 2.05) is 0 Å². The Balaban J connectivity index is 2.09. The van der Waals surface area contributed by atoms with Gasteiger partial charge in [0.15, 0.2) is 0 Å². The van der Waals surface area contributed by atoms with Gasteiger partial charge in [0.2, 0.25) is 0 Å². The molecule has 1 atom stereocenters. The predicted molar refractivity (Wildman–Crippen MR) is 68.8 cm³/mol. The van der Waals surface area contributed by atoms with E-state index in [0.29, 0.717) is 12.6 Å². The van der Waals surface area contributed by atoms with Crippen LogP contribution in [-0.2, 0) is 12.7 Å². The summed E-state index contributed by atoms with van der Waals surface area (Å²) in [5.74, 6) is 0. The highest BCUT2D eigenvalue weighted by atomic mass is 19.4. The summed E-state index contributed by atoms with van der Waals surface area (Å²) in [6.07, 6.45) is -3.24. The maximum atomic E-state index is 12.7. The van der Waals surface area contributed by atoms with Crippen LogP contribution in [0, 0.1) is 0 Å². The van der Waals surface area contributed by atoms with Crippen LogP contribution in [0.1, 0.15) is 24.5 Å². The smallest absolute Gasteiger partial charge is 0.315 e. The Kier molecular flexibility index (Phi) is 4.47. The van der Waals surface area contributed by atoms with E-state index in [1.165, 1.54) is 12.1 Å². The first kappa shape index (κ1) is 14.3. The van der Waals surface area contributed by atoms with Crippen LogP contribution in [0.4, 0.5) is 13.2 Å². The summed E-state index contributed by atoms with van der Waals surface area (Å²) in [6, 6.07) is 6.02. The number of nitrogens with one attached hydrogen (secondary N) is 1. The lowest BCUT2D eigenvalue weighted by atomic mass is 10.1. The summed E-state index contributed by atoms with van der Waals surface area (Å²) < 4.78 is 38.0. The van der Waals surface area contributed by atoms with Gasteiger partial charge in [0, 0.05) is 25.7 Å². The lowest BCUT2D eigenvalue weighted by Crippen LogP contribution is -2.33. The Labute approximate surface area is 111 Å². The van der Waals surface area contributed by atoms with Gasteiger partial charge < -0.3 is 5.32 Å². The van der Waals surface area contributed by atoms with Gasteiger partial charge in [-0.2, -0.15) is 13.2 Å². The zero-order chi connectivity index (χ0) is 13.9. The van der Waals surface area contributed by atoms with Crippen molar-refractivity contribution in [1.29, 1.82) is 0 Å². The number of hydrogen-bond acceptors (Lipinski definition) is 2. The van der Waals surface area contributed by atoms with Crippen molar-refractivity contribution in [2.45, 2.75) is 32.1 Å². The van der Waals surface area contributed by atoms with Crippen LogP contribution in [0.3, 0.4) is 0 Å². The lowest BCUT2D eigenvalue weighted by molar-refractivity contribution is -0.137. The molecule has 2 nitrogen and oxygen atoms in total. The topological polar surface area (TPSA) is 15.3 Å². The van der Waals surface area contributed by atoms with Gasteiger partial charge in [-0.05, 0) is 31.5 Å². The Morgan fingerprint density at radius 2 is 2.11 bits per heavy atom. The molecule has 1 N–H and O–H groups in total. The van der Waals surface area contributed by atoms with Crippen LogP contribution < -0.4 is 5.32 Å². The second-order valence-corrected chi connectivity index (χ2v) is 5.06. The van der Waals surface area contributed by atoms with Gasteiger partial charge >= 0.3 is 6.18 Å². The number of rotatable bonds is 2. The largest absolute Gasteiger partial charge is 0.416 e. The maximum Gasteiger partial charge on any atom is 0.416 e. The van der Waals surface area contributed by atoms with Gasteiger partial charge in [0.05, 0.1) is 5.56 Å². The van der Waals surface area contributed by atoms with Gasteiger partial charge in [-0.25, -0.2) is 0 Å². The average Bonchev–Trinajstić information content (AvgIpc) is 2.54. The summed E-state index contributed by atoms with van der Waals surface area (Å²) in [5, 5.41) is 3.31. The van der Waals surface area contributed by atoms with E-state index in [9.17, 15) is 13.2 Å². The quantitative estimate of drug-likeness (QED) is 0.890. The first-order valence-corrected chi connectivity index (χ1v) is 6.58. The molecule has 1 aliphatic rings. The Morgan fingerprint density at radius 3 is 2.84 bits per heavy atom. The van der Waals surface area contributed by atoms with Crippen LogP contribution in [0.5, 0.6) is 0 Å². The van der Waals surface area contributed by atoms with E-state index >= 15 is 0 Å². The highest BCUT2D eigenvalue weighted by Gasteiger charge is 2.30. The second-order valence-electron chi connectivity index (χ2n) is 5.06. The standard InChI is InChI=1S/C14H19F3N2/c1-11-5-6-18-7-8-19(11)10-12-3-2-4-13(9-12)14(15,16)17/h2-4,9,11,18H,5-8,10H2,1H3. The van der Waals surface area contributed by atoms with E-state index in [2.05, 4.69) is 17.1 Å². The van der Waals surface area contributed by atoms with Gasteiger partial charge in [-0.3, -0.25) is 4.90 Å². The first-order chi connectivity index (χ1) is 8.97. The highest BCUT2D eigenvalue weighted by Crippen LogP contribution is 2.29. The fraction of sp³-hybridized carbons (Fsp3) is 0.571. The van der Waals surface area contributed by atoms with Crippen molar-refractivity contribution in [2.75, 3.05) is 19.6 Å². The fourth-order valence-electron chi connectivity index (χ4n) is 2.38. The minimum Gasteiger partial charge on any atom is -0.315 e. The Bertz CT molecular complexity index is 417.